The third-order valence-corrected chi connectivity index (χ3v) is 2.73. The smallest absolute Gasteiger partial charge is 0.239 e. The molecule has 0 saturated carbocycles. The van der Waals surface area contributed by atoms with Gasteiger partial charge in [0.1, 0.15) is 11.6 Å². The molecule has 0 aliphatic carbocycles. The van der Waals surface area contributed by atoms with E-state index in [1.807, 2.05) is 24.3 Å². The summed E-state index contributed by atoms with van der Waals surface area (Å²) in [5, 5.41) is 3.17. The predicted molar refractivity (Wildman–Crippen MR) is 75.0 cm³/mol. The van der Waals surface area contributed by atoms with Crippen molar-refractivity contribution in [1.82, 2.24) is 9.97 Å². The first-order valence-electron chi connectivity index (χ1n) is 5.77. The molecule has 1 N–H and O–H groups in total. The summed E-state index contributed by atoms with van der Waals surface area (Å²) in [5.41, 5.74) is 0. The van der Waals surface area contributed by atoms with E-state index in [4.69, 9.17) is 4.74 Å². The summed E-state index contributed by atoms with van der Waals surface area (Å²) < 4.78 is 6.63. The average Bonchev–Trinajstić information content (AvgIpc) is 2.40. The molecule has 0 spiro atoms. The van der Waals surface area contributed by atoms with Crippen LogP contribution in [0.15, 0.2) is 41.1 Å². The fourth-order valence-electron chi connectivity index (χ4n) is 1.36. The van der Waals surface area contributed by atoms with Gasteiger partial charge in [0.2, 0.25) is 5.88 Å². The van der Waals surface area contributed by atoms with Gasteiger partial charge in [-0.25, -0.2) is 0 Å². The molecule has 0 radical (unpaired) electrons. The second-order valence-corrected chi connectivity index (χ2v) is 4.64. The number of nitrogens with one attached hydrogen (secondary N) is 1. The molecule has 0 bridgehead atoms. The highest BCUT2D eigenvalue weighted by molar-refractivity contribution is 9.10. The quantitative estimate of drug-likeness (QED) is 0.911. The van der Waals surface area contributed by atoms with Gasteiger partial charge in [-0.2, -0.15) is 4.98 Å². The molecule has 4 nitrogen and oxygen atoms in total. The lowest BCUT2D eigenvalue weighted by Crippen LogP contribution is -2.02. The number of benzene rings is 1. The Kier molecular flexibility index (Phi) is 4.52. The number of ether oxygens (including phenoxy) is 1. The van der Waals surface area contributed by atoms with E-state index in [2.05, 4.69) is 38.1 Å². The van der Waals surface area contributed by atoms with Crippen LogP contribution in [0.2, 0.25) is 0 Å². The van der Waals surface area contributed by atoms with Crippen molar-refractivity contribution < 1.29 is 4.74 Å². The Hall–Kier alpha value is -1.62. The first kappa shape index (κ1) is 12.8. The maximum atomic E-state index is 5.62. The van der Waals surface area contributed by atoms with Crippen molar-refractivity contribution >= 4 is 21.7 Å². The summed E-state index contributed by atoms with van der Waals surface area (Å²) in [5.74, 6) is 1.95. The fourth-order valence-corrected chi connectivity index (χ4v) is 1.62. The molecule has 2 aromatic rings. The molecule has 0 saturated heterocycles. The van der Waals surface area contributed by atoms with Crippen molar-refractivity contribution in [3.8, 4) is 11.6 Å². The van der Waals surface area contributed by atoms with E-state index >= 15 is 0 Å². The average molecular weight is 308 g/mol. The van der Waals surface area contributed by atoms with Crippen molar-refractivity contribution in [2.24, 2.45) is 0 Å². The van der Waals surface area contributed by atoms with E-state index in [-0.39, 0.29) is 0 Å². The van der Waals surface area contributed by atoms with Crippen molar-refractivity contribution in [3.63, 3.8) is 0 Å². The zero-order valence-electron chi connectivity index (χ0n) is 10.1. The molecule has 0 unspecified atom stereocenters. The Morgan fingerprint density at radius 2 is 2.00 bits per heavy atom. The Balaban J connectivity index is 2.06. The van der Waals surface area contributed by atoms with Gasteiger partial charge in [0.25, 0.3) is 0 Å². The standard InChI is InChI=1S/C13H14BrN3O/c1-2-7-16-12-8-15-9-13(17-12)18-11-5-3-10(14)4-6-11/h3-6,8-9H,2,7H2,1H3,(H,16,17). The van der Waals surface area contributed by atoms with E-state index in [9.17, 15) is 0 Å². The van der Waals surface area contributed by atoms with Crippen LogP contribution in [-0.2, 0) is 0 Å². The lowest BCUT2D eigenvalue weighted by molar-refractivity contribution is 0.461. The van der Waals surface area contributed by atoms with Gasteiger partial charge in [-0.1, -0.05) is 22.9 Å². The molecule has 18 heavy (non-hydrogen) atoms. The molecular formula is C13H14BrN3O. The summed E-state index contributed by atoms with van der Waals surface area (Å²) in [4.78, 5) is 8.41. The molecule has 2 rings (SSSR count). The molecule has 0 aliphatic heterocycles. The van der Waals surface area contributed by atoms with E-state index in [1.165, 1.54) is 0 Å². The van der Waals surface area contributed by atoms with E-state index < -0.39 is 0 Å². The largest absolute Gasteiger partial charge is 0.437 e. The number of halogens is 1. The fraction of sp³-hybridized carbons (Fsp3) is 0.231. The van der Waals surface area contributed by atoms with Gasteiger partial charge in [0, 0.05) is 11.0 Å². The monoisotopic (exact) mass is 307 g/mol. The summed E-state index contributed by atoms with van der Waals surface area (Å²) in [6, 6.07) is 7.58. The van der Waals surface area contributed by atoms with E-state index in [0.29, 0.717) is 5.88 Å². The minimum absolute atomic E-state index is 0.485. The second kappa shape index (κ2) is 6.35. The van der Waals surface area contributed by atoms with Gasteiger partial charge in [0.05, 0.1) is 12.4 Å². The molecule has 0 atom stereocenters. The maximum absolute atomic E-state index is 5.62. The molecule has 5 heteroatoms. The topological polar surface area (TPSA) is 47.0 Å². The van der Waals surface area contributed by atoms with E-state index in [0.717, 1.165) is 29.0 Å². The highest BCUT2D eigenvalue weighted by Gasteiger charge is 2.01. The van der Waals surface area contributed by atoms with Crippen molar-refractivity contribution in [2.45, 2.75) is 13.3 Å². The molecular weight excluding hydrogens is 294 g/mol. The Bertz CT molecular complexity index is 502. The van der Waals surface area contributed by atoms with Crippen LogP contribution >= 0.6 is 15.9 Å². The maximum Gasteiger partial charge on any atom is 0.239 e. The molecule has 1 aromatic heterocycles. The minimum Gasteiger partial charge on any atom is -0.437 e. The Morgan fingerprint density at radius 1 is 1.22 bits per heavy atom. The van der Waals surface area contributed by atoms with Gasteiger partial charge in [-0.05, 0) is 30.7 Å². The third-order valence-electron chi connectivity index (χ3n) is 2.20. The van der Waals surface area contributed by atoms with Gasteiger partial charge in [0.15, 0.2) is 0 Å². The number of rotatable bonds is 5. The van der Waals surface area contributed by atoms with Crippen LogP contribution in [0.3, 0.4) is 0 Å². The van der Waals surface area contributed by atoms with Crippen molar-refractivity contribution in [1.29, 1.82) is 0 Å². The zero-order valence-corrected chi connectivity index (χ0v) is 11.6. The summed E-state index contributed by atoms with van der Waals surface area (Å²) in [7, 11) is 0. The molecule has 0 fully saturated rings. The first-order valence-corrected chi connectivity index (χ1v) is 6.56. The van der Waals surface area contributed by atoms with Crippen LogP contribution in [0.4, 0.5) is 5.82 Å². The van der Waals surface area contributed by atoms with Crippen LogP contribution in [-0.4, -0.2) is 16.5 Å². The predicted octanol–water partition coefficient (Wildman–Crippen LogP) is 3.85. The molecule has 1 aromatic carbocycles. The molecule has 0 aliphatic rings. The number of nitrogens with zero attached hydrogens (tertiary/aromatic N) is 2. The molecule has 1 heterocycles. The molecule has 0 amide bonds. The lowest BCUT2D eigenvalue weighted by atomic mass is 10.3. The van der Waals surface area contributed by atoms with Crippen molar-refractivity contribution in [3.05, 3.63) is 41.1 Å². The number of hydrogen-bond donors (Lipinski definition) is 1. The van der Waals surface area contributed by atoms with Crippen molar-refractivity contribution in [2.75, 3.05) is 11.9 Å². The van der Waals surface area contributed by atoms with Crippen LogP contribution in [0.25, 0.3) is 0 Å². The highest BCUT2D eigenvalue weighted by Crippen LogP contribution is 2.21. The minimum atomic E-state index is 0.485. The Morgan fingerprint density at radius 3 is 2.72 bits per heavy atom. The SMILES string of the molecule is CCCNc1cncc(Oc2ccc(Br)cc2)n1. The summed E-state index contributed by atoms with van der Waals surface area (Å²) >= 11 is 3.38. The molecule has 94 valence electrons. The van der Waals surface area contributed by atoms with Gasteiger partial charge >= 0.3 is 0 Å². The van der Waals surface area contributed by atoms with Gasteiger partial charge < -0.3 is 10.1 Å². The number of anilines is 1. The van der Waals surface area contributed by atoms with Crippen LogP contribution < -0.4 is 10.1 Å². The normalized spacial score (nSPS) is 10.1. The zero-order chi connectivity index (χ0) is 12.8. The van der Waals surface area contributed by atoms with Crippen LogP contribution in [0.5, 0.6) is 11.6 Å². The van der Waals surface area contributed by atoms with Crippen LogP contribution in [0, 0.1) is 0 Å². The third kappa shape index (κ3) is 3.70. The number of aromatic nitrogens is 2. The Labute approximate surface area is 115 Å². The summed E-state index contributed by atoms with van der Waals surface area (Å²) in [6.07, 6.45) is 4.32. The highest BCUT2D eigenvalue weighted by atomic mass is 79.9. The summed E-state index contributed by atoms with van der Waals surface area (Å²) in [6.45, 7) is 2.97. The van der Waals surface area contributed by atoms with E-state index in [1.54, 1.807) is 12.4 Å². The first-order chi connectivity index (χ1) is 8.78. The second-order valence-electron chi connectivity index (χ2n) is 3.73. The van der Waals surface area contributed by atoms with Gasteiger partial charge in [-0.3, -0.25) is 4.98 Å². The van der Waals surface area contributed by atoms with Gasteiger partial charge in [-0.15, -0.1) is 0 Å². The number of hydrogen-bond acceptors (Lipinski definition) is 4. The van der Waals surface area contributed by atoms with Crippen LogP contribution in [0.1, 0.15) is 13.3 Å². The lowest BCUT2D eigenvalue weighted by Gasteiger charge is -2.07.